The predicted octanol–water partition coefficient (Wildman–Crippen LogP) is 0.953. The Labute approximate surface area is 100 Å². The SMILES string of the molecule is CO[C@H]1CN(C(=O)OC(C)(C)C)CC1C(=O)O. The molecule has 0 spiro atoms. The fourth-order valence-electron chi connectivity index (χ4n) is 1.73. The van der Waals surface area contributed by atoms with Crippen molar-refractivity contribution in [1.29, 1.82) is 0 Å². The van der Waals surface area contributed by atoms with Crippen molar-refractivity contribution >= 4 is 12.1 Å². The maximum Gasteiger partial charge on any atom is 0.410 e. The van der Waals surface area contributed by atoms with Crippen molar-refractivity contribution in [3.05, 3.63) is 0 Å². The quantitative estimate of drug-likeness (QED) is 0.784. The normalized spacial score (nSPS) is 24.8. The van der Waals surface area contributed by atoms with Crippen LogP contribution in [0.2, 0.25) is 0 Å². The highest BCUT2D eigenvalue weighted by Crippen LogP contribution is 2.22. The molecule has 1 N–H and O–H groups in total. The molecule has 6 heteroatoms. The summed E-state index contributed by atoms with van der Waals surface area (Å²) in [5.74, 6) is -1.64. The summed E-state index contributed by atoms with van der Waals surface area (Å²) in [6.45, 7) is 5.68. The molecule has 0 aromatic heterocycles. The number of hydrogen-bond acceptors (Lipinski definition) is 4. The zero-order valence-electron chi connectivity index (χ0n) is 10.6. The lowest BCUT2D eigenvalue weighted by atomic mass is 10.1. The van der Waals surface area contributed by atoms with Gasteiger partial charge in [0.05, 0.1) is 12.6 Å². The van der Waals surface area contributed by atoms with Crippen molar-refractivity contribution in [2.75, 3.05) is 20.2 Å². The second-order valence-corrected chi connectivity index (χ2v) is 5.10. The number of ether oxygens (including phenoxy) is 2. The van der Waals surface area contributed by atoms with Gasteiger partial charge in [-0.05, 0) is 20.8 Å². The maximum absolute atomic E-state index is 11.7. The Balaban J connectivity index is 2.64. The molecule has 0 aliphatic carbocycles. The fourth-order valence-corrected chi connectivity index (χ4v) is 1.73. The van der Waals surface area contributed by atoms with Crippen LogP contribution in [0.3, 0.4) is 0 Å². The van der Waals surface area contributed by atoms with Crippen LogP contribution in [-0.2, 0) is 14.3 Å². The zero-order chi connectivity index (χ0) is 13.2. The molecule has 1 aliphatic rings. The highest BCUT2D eigenvalue weighted by atomic mass is 16.6. The molecule has 0 radical (unpaired) electrons. The molecule has 98 valence electrons. The van der Waals surface area contributed by atoms with Crippen LogP contribution in [0.15, 0.2) is 0 Å². The largest absolute Gasteiger partial charge is 0.481 e. The third kappa shape index (κ3) is 3.59. The van der Waals surface area contributed by atoms with Gasteiger partial charge in [0.2, 0.25) is 0 Å². The van der Waals surface area contributed by atoms with Crippen LogP contribution in [0.25, 0.3) is 0 Å². The van der Waals surface area contributed by atoms with E-state index in [4.69, 9.17) is 14.6 Å². The molecule has 1 saturated heterocycles. The number of amides is 1. The molecule has 17 heavy (non-hydrogen) atoms. The lowest BCUT2D eigenvalue weighted by Gasteiger charge is -2.24. The van der Waals surface area contributed by atoms with E-state index in [0.717, 1.165) is 0 Å². The van der Waals surface area contributed by atoms with Crippen molar-refractivity contribution in [3.8, 4) is 0 Å². The van der Waals surface area contributed by atoms with E-state index in [1.165, 1.54) is 12.0 Å². The third-order valence-electron chi connectivity index (χ3n) is 2.54. The van der Waals surface area contributed by atoms with E-state index >= 15 is 0 Å². The summed E-state index contributed by atoms with van der Waals surface area (Å²) < 4.78 is 10.2. The first-order valence-corrected chi connectivity index (χ1v) is 5.48. The number of hydrogen-bond donors (Lipinski definition) is 1. The molecule has 2 atom stereocenters. The third-order valence-corrected chi connectivity index (χ3v) is 2.54. The summed E-state index contributed by atoms with van der Waals surface area (Å²) in [5.41, 5.74) is -0.582. The average Bonchev–Trinajstić information content (AvgIpc) is 2.58. The Hall–Kier alpha value is -1.30. The fraction of sp³-hybridized carbons (Fsp3) is 0.818. The lowest BCUT2D eigenvalue weighted by molar-refractivity contribution is -0.144. The summed E-state index contributed by atoms with van der Waals surface area (Å²) in [5, 5.41) is 8.99. The molecule has 6 nitrogen and oxygen atoms in total. The summed E-state index contributed by atoms with van der Waals surface area (Å²) in [6, 6.07) is 0. The van der Waals surface area contributed by atoms with Gasteiger partial charge >= 0.3 is 12.1 Å². The molecule has 1 amide bonds. The van der Waals surface area contributed by atoms with Gasteiger partial charge in [0.25, 0.3) is 0 Å². The van der Waals surface area contributed by atoms with Crippen LogP contribution in [0.5, 0.6) is 0 Å². The van der Waals surface area contributed by atoms with Gasteiger partial charge in [-0.1, -0.05) is 0 Å². The number of nitrogens with zero attached hydrogens (tertiary/aromatic N) is 1. The van der Waals surface area contributed by atoms with Gasteiger partial charge in [0, 0.05) is 13.7 Å². The number of likely N-dealkylation sites (tertiary alicyclic amines) is 1. The van der Waals surface area contributed by atoms with E-state index in [9.17, 15) is 9.59 Å². The van der Waals surface area contributed by atoms with Crippen LogP contribution in [-0.4, -0.2) is 54.0 Å². The summed E-state index contributed by atoms with van der Waals surface area (Å²) in [4.78, 5) is 24.1. The number of aliphatic carboxylic acids is 1. The Kier molecular flexibility index (Phi) is 3.98. The van der Waals surface area contributed by atoms with Gasteiger partial charge in [0.1, 0.15) is 11.5 Å². The van der Waals surface area contributed by atoms with Gasteiger partial charge in [-0.25, -0.2) is 4.79 Å². The molecule has 1 unspecified atom stereocenters. The lowest BCUT2D eigenvalue weighted by Crippen LogP contribution is -2.36. The number of methoxy groups -OCH3 is 1. The van der Waals surface area contributed by atoms with Gasteiger partial charge in [-0.15, -0.1) is 0 Å². The first-order chi connectivity index (χ1) is 7.74. The van der Waals surface area contributed by atoms with Crippen LogP contribution in [0, 0.1) is 5.92 Å². The Morgan fingerprint density at radius 1 is 1.29 bits per heavy atom. The van der Waals surface area contributed by atoms with Gasteiger partial charge in [-0.2, -0.15) is 0 Å². The monoisotopic (exact) mass is 245 g/mol. The van der Waals surface area contributed by atoms with Crippen LogP contribution in [0.4, 0.5) is 4.79 Å². The zero-order valence-corrected chi connectivity index (χ0v) is 10.6. The number of carboxylic acid groups (broad SMARTS) is 1. The van der Waals surface area contributed by atoms with E-state index in [1.54, 1.807) is 20.8 Å². The number of rotatable bonds is 2. The van der Waals surface area contributed by atoms with E-state index in [0.29, 0.717) is 0 Å². The molecule has 1 heterocycles. The molecule has 0 bridgehead atoms. The first kappa shape index (κ1) is 13.8. The predicted molar refractivity (Wildman–Crippen MR) is 59.7 cm³/mol. The maximum atomic E-state index is 11.7. The smallest absolute Gasteiger partial charge is 0.410 e. The minimum atomic E-state index is -0.956. The van der Waals surface area contributed by atoms with Gasteiger partial charge in [-0.3, -0.25) is 4.79 Å². The number of carbonyl (C=O) groups is 2. The minimum Gasteiger partial charge on any atom is -0.481 e. The van der Waals surface area contributed by atoms with Gasteiger partial charge < -0.3 is 19.5 Å². The molecule has 1 fully saturated rings. The molecular formula is C11H19NO5. The highest BCUT2D eigenvalue weighted by molar-refractivity contribution is 5.75. The van der Waals surface area contributed by atoms with Crippen molar-refractivity contribution < 1.29 is 24.2 Å². The van der Waals surface area contributed by atoms with Crippen molar-refractivity contribution in [2.45, 2.75) is 32.5 Å². The Morgan fingerprint density at radius 3 is 2.24 bits per heavy atom. The van der Waals surface area contributed by atoms with E-state index in [-0.39, 0.29) is 13.1 Å². The standard InChI is InChI=1S/C11H19NO5/c1-11(2,3)17-10(15)12-5-7(9(13)14)8(6-12)16-4/h7-8H,5-6H2,1-4H3,(H,13,14)/t7?,8-/m0/s1. The molecule has 0 aromatic rings. The second kappa shape index (κ2) is 4.91. The molecule has 0 saturated carbocycles. The van der Waals surface area contributed by atoms with E-state index < -0.39 is 29.7 Å². The number of carbonyl (C=O) groups excluding carboxylic acids is 1. The highest BCUT2D eigenvalue weighted by Gasteiger charge is 2.41. The van der Waals surface area contributed by atoms with E-state index in [2.05, 4.69) is 0 Å². The topological polar surface area (TPSA) is 76.1 Å². The summed E-state index contributed by atoms with van der Waals surface area (Å²) in [7, 11) is 1.44. The van der Waals surface area contributed by atoms with Crippen LogP contribution >= 0.6 is 0 Å². The molecule has 1 aliphatic heterocycles. The Bertz CT molecular complexity index is 309. The average molecular weight is 245 g/mol. The van der Waals surface area contributed by atoms with Crippen molar-refractivity contribution in [1.82, 2.24) is 4.90 Å². The number of carboxylic acids is 1. The first-order valence-electron chi connectivity index (χ1n) is 5.48. The van der Waals surface area contributed by atoms with Crippen molar-refractivity contribution in [2.24, 2.45) is 5.92 Å². The molecular weight excluding hydrogens is 226 g/mol. The molecule has 1 rings (SSSR count). The minimum absolute atomic E-state index is 0.128. The van der Waals surface area contributed by atoms with Crippen LogP contribution < -0.4 is 0 Å². The van der Waals surface area contributed by atoms with Crippen LogP contribution in [0.1, 0.15) is 20.8 Å². The Morgan fingerprint density at radius 2 is 1.88 bits per heavy atom. The van der Waals surface area contributed by atoms with Gasteiger partial charge in [0.15, 0.2) is 0 Å². The summed E-state index contributed by atoms with van der Waals surface area (Å²) >= 11 is 0. The summed E-state index contributed by atoms with van der Waals surface area (Å²) in [6.07, 6.45) is -0.969. The van der Waals surface area contributed by atoms with Crippen molar-refractivity contribution in [3.63, 3.8) is 0 Å². The van der Waals surface area contributed by atoms with E-state index in [1.807, 2.05) is 0 Å². The molecule has 0 aromatic carbocycles. The second-order valence-electron chi connectivity index (χ2n) is 5.10.